The van der Waals surface area contributed by atoms with Crippen molar-refractivity contribution in [3.05, 3.63) is 58.4 Å². The number of hydrogen-bond donors (Lipinski definition) is 3. The maximum absolute atomic E-state index is 14.0. The minimum Gasteiger partial charge on any atom is -0.497 e. The summed E-state index contributed by atoms with van der Waals surface area (Å²) >= 11 is 6.22. The molecule has 8 heteroatoms. The van der Waals surface area contributed by atoms with Gasteiger partial charge < -0.3 is 25.0 Å². The highest BCUT2D eigenvalue weighted by Crippen LogP contribution is 2.29. The van der Waals surface area contributed by atoms with Crippen LogP contribution in [-0.4, -0.2) is 35.9 Å². The minimum absolute atomic E-state index is 0.0140. The summed E-state index contributed by atoms with van der Waals surface area (Å²) < 4.78 is 24.8. The van der Waals surface area contributed by atoms with E-state index in [2.05, 4.69) is 5.32 Å². The smallest absolute Gasteiger partial charge is 0.249 e. The van der Waals surface area contributed by atoms with Crippen LogP contribution in [0, 0.1) is 11.7 Å². The molecule has 2 aromatic carbocycles. The monoisotopic (exact) mass is 425 g/mol. The van der Waals surface area contributed by atoms with Crippen LogP contribution in [0.2, 0.25) is 5.02 Å². The molecule has 158 valence electrons. The molecule has 0 saturated heterocycles. The quantitative estimate of drug-likeness (QED) is 0.574. The largest absolute Gasteiger partial charge is 0.497 e. The molecule has 0 spiro atoms. The first-order chi connectivity index (χ1) is 13.8. The second-order valence-corrected chi connectivity index (χ2v) is 7.26. The standard InChI is InChI=1S/C21H25ClFNO5/c1-12(2)20(26)21(27)24-19(10-25)16-8-13(23)9-18(22)17(16)11-29-15-6-4-14(28-3)5-7-15/h4-9,12,19-20,25-26H,10-11H2,1-3H3,(H,24,27)/t19-,20-/m0/s1. The number of aliphatic hydroxyl groups excluding tert-OH is 2. The number of carbonyl (C=O) groups excluding carboxylic acids is 1. The molecule has 6 nitrogen and oxygen atoms in total. The molecule has 3 N–H and O–H groups in total. The Kier molecular flexibility index (Phi) is 8.25. The molecule has 0 saturated carbocycles. The van der Waals surface area contributed by atoms with Crippen LogP contribution < -0.4 is 14.8 Å². The molecular weight excluding hydrogens is 401 g/mol. The van der Waals surface area contributed by atoms with Crippen molar-refractivity contribution in [3.63, 3.8) is 0 Å². The predicted octanol–water partition coefficient (Wildman–Crippen LogP) is 3.23. The minimum atomic E-state index is -1.26. The molecule has 2 rings (SSSR count). The molecule has 0 aliphatic heterocycles. The van der Waals surface area contributed by atoms with Gasteiger partial charge in [-0.15, -0.1) is 0 Å². The predicted molar refractivity (Wildman–Crippen MR) is 108 cm³/mol. The average molecular weight is 426 g/mol. The van der Waals surface area contributed by atoms with Gasteiger partial charge in [0.2, 0.25) is 5.91 Å². The molecule has 1 amide bonds. The molecule has 0 unspecified atom stereocenters. The topological polar surface area (TPSA) is 88.0 Å². The van der Waals surface area contributed by atoms with Crippen molar-refractivity contribution >= 4 is 17.5 Å². The van der Waals surface area contributed by atoms with Crippen molar-refractivity contribution in [2.75, 3.05) is 13.7 Å². The van der Waals surface area contributed by atoms with E-state index in [9.17, 15) is 19.4 Å². The molecule has 0 aliphatic rings. The molecule has 0 heterocycles. The maximum atomic E-state index is 14.0. The van der Waals surface area contributed by atoms with E-state index in [0.717, 1.165) is 6.07 Å². The van der Waals surface area contributed by atoms with Crippen LogP contribution in [0.15, 0.2) is 36.4 Å². The van der Waals surface area contributed by atoms with Crippen LogP contribution in [0.4, 0.5) is 4.39 Å². The van der Waals surface area contributed by atoms with Gasteiger partial charge in [-0.05, 0) is 47.9 Å². The molecule has 2 atom stereocenters. The van der Waals surface area contributed by atoms with E-state index in [1.165, 1.54) is 6.07 Å². The molecule has 0 aromatic heterocycles. The Labute approximate surface area is 174 Å². The summed E-state index contributed by atoms with van der Waals surface area (Å²) in [5.41, 5.74) is 0.692. The maximum Gasteiger partial charge on any atom is 0.249 e. The Morgan fingerprint density at radius 1 is 1.21 bits per heavy atom. The molecule has 0 fully saturated rings. The molecule has 29 heavy (non-hydrogen) atoms. The van der Waals surface area contributed by atoms with Crippen molar-refractivity contribution in [1.29, 1.82) is 0 Å². The third-order valence-corrected chi connectivity index (χ3v) is 4.75. The van der Waals surface area contributed by atoms with Gasteiger partial charge in [-0.25, -0.2) is 4.39 Å². The highest BCUT2D eigenvalue weighted by molar-refractivity contribution is 6.31. The van der Waals surface area contributed by atoms with E-state index in [0.29, 0.717) is 17.1 Å². The summed E-state index contributed by atoms with van der Waals surface area (Å²) in [6.45, 7) is 2.85. The highest BCUT2D eigenvalue weighted by Gasteiger charge is 2.25. The van der Waals surface area contributed by atoms with Crippen LogP contribution >= 0.6 is 11.6 Å². The van der Waals surface area contributed by atoms with Gasteiger partial charge in [0.25, 0.3) is 0 Å². The van der Waals surface area contributed by atoms with Gasteiger partial charge in [-0.3, -0.25) is 4.79 Å². The SMILES string of the molecule is COc1ccc(OCc2c(Cl)cc(F)cc2[C@H](CO)NC(=O)[C@@H](O)C(C)C)cc1. The van der Waals surface area contributed by atoms with Gasteiger partial charge in [0, 0.05) is 5.56 Å². The van der Waals surface area contributed by atoms with Crippen LogP contribution in [0.25, 0.3) is 0 Å². The Balaban J connectivity index is 2.26. The number of methoxy groups -OCH3 is 1. The lowest BCUT2D eigenvalue weighted by atomic mass is 9.99. The Morgan fingerprint density at radius 3 is 2.38 bits per heavy atom. The Bertz CT molecular complexity index is 829. The van der Waals surface area contributed by atoms with Crippen LogP contribution in [0.1, 0.15) is 31.0 Å². The average Bonchev–Trinajstić information content (AvgIpc) is 2.70. The number of nitrogens with one attached hydrogen (secondary N) is 1. The second-order valence-electron chi connectivity index (χ2n) is 6.85. The second kappa shape index (κ2) is 10.4. The fourth-order valence-corrected chi connectivity index (χ4v) is 2.96. The van der Waals surface area contributed by atoms with Crippen molar-refractivity contribution in [2.24, 2.45) is 5.92 Å². The van der Waals surface area contributed by atoms with Crippen molar-refractivity contribution in [2.45, 2.75) is 32.6 Å². The molecule has 0 aliphatic carbocycles. The number of benzene rings is 2. The lowest BCUT2D eigenvalue weighted by Crippen LogP contribution is -2.41. The molecule has 0 radical (unpaired) electrons. The lowest BCUT2D eigenvalue weighted by Gasteiger charge is -2.23. The lowest BCUT2D eigenvalue weighted by molar-refractivity contribution is -0.132. The Morgan fingerprint density at radius 2 is 1.83 bits per heavy atom. The normalized spacial score (nSPS) is 13.1. The number of carbonyl (C=O) groups is 1. The summed E-state index contributed by atoms with van der Waals surface area (Å²) in [7, 11) is 1.56. The van der Waals surface area contributed by atoms with Crippen LogP contribution in [0.3, 0.4) is 0 Å². The summed E-state index contributed by atoms with van der Waals surface area (Å²) in [5.74, 6) is -0.387. The Hall–Kier alpha value is -2.35. The summed E-state index contributed by atoms with van der Waals surface area (Å²) in [6.07, 6.45) is -1.26. The number of hydrogen-bond acceptors (Lipinski definition) is 5. The van der Waals surface area contributed by atoms with E-state index >= 15 is 0 Å². The van der Waals surface area contributed by atoms with Crippen molar-refractivity contribution in [3.8, 4) is 11.5 Å². The van der Waals surface area contributed by atoms with Crippen LogP contribution in [0.5, 0.6) is 11.5 Å². The van der Waals surface area contributed by atoms with E-state index in [1.807, 2.05) is 0 Å². The van der Waals surface area contributed by atoms with Gasteiger partial charge in [0.15, 0.2) is 0 Å². The zero-order valence-electron chi connectivity index (χ0n) is 16.5. The van der Waals surface area contributed by atoms with E-state index in [-0.39, 0.29) is 23.1 Å². The van der Waals surface area contributed by atoms with Gasteiger partial charge in [0.05, 0.1) is 24.8 Å². The van der Waals surface area contributed by atoms with E-state index in [1.54, 1.807) is 45.2 Å². The van der Waals surface area contributed by atoms with Crippen molar-refractivity contribution in [1.82, 2.24) is 5.32 Å². The summed E-state index contributed by atoms with van der Waals surface area (Å²) in [4.78, 5) is 12.2. The number of aliphatic hydroxyl groups is 2. The number of amides is 1. The van der Waals surface area contributed by atoms with Gasteiger partial charge in [-0.2, -0.15) is 0 Å². The first kappa shape index (κ1) is 22.9. The van der Waals surface area contributed by atoms with Gasteiger partial charge in [0.1, 0.15) is 30.0 Å². The third kappa shape index (κ3) is 6.06. The van der Waals surface area contributed by atoms with Gasteiger partial charge >= 0.3 is 0 Å². The molecule has 2 aromatic rings. The van der Waals surface area contributed by atoms with Gasteiger partial charge in [-0.1, -0.05) is 25.4 Å². The summed E-state index contributed by atoms with van der Waals surface area (Å²) in [5, 5.41) is 22.4. The van der Waals surface area contributed by atoms with E-state index in [4.69, 9.17) is 21.1 Å². The van der Waals surface area contributed by atoms with Crippen molar-refractivity contribution < 1.29 is 28.9 Å². The third-order valence-electron chi connectivity index (χ3n) is 4.41. The van der Waals surface area contributed by atoms with E-state index < -0.39 is 30.5 Å². The number of halogens is 2. The first-order valence-electron chi connectivity index (χ1n) is 9.10. The first-order valence-corrected chi connectivity index (χ1v) is 9.48. The fraction of sp³-hybridized carbons (Fsp3) is 0.381. The fourth-order valence-electron chi connectivity index (χ4n) is 2.70. The number of rotatable bonds is 9. The summed E-state index contributed by atoms with van der Waals surface area (Å²) in [6, 6.07) is 8.23. The zero-order chi connectivity index (χ0) is 21.6. The zero-order valence-corrected chi connectivity index (χ0v) is 17.2. The molecular formula is C21H25ClFNO5. The number of ether oxygens (including phenoxy) is 2. The molecule has 0 bridgehead atoms. The highest BCUT2D eigenvalue weighted by atomic mass is 35.5. The van der Waals surface area contributed by atoms with Crippen LogP contribution in [-0.2, 0) is 11.4 Å².